The average Bonchev–Trinajstić information content (AvgIpc) is 2.45. The van der Waals surface area contributed by atoms with Crippen molar-refractivity contribution in [1.82, 2.24) is 0 Å². The van der Waals surface area contributed by atoms with E-state index in [-0.39, 0.29) is 0 Å². The van der Waals surface area contributed by atoms with Crippen LogP contribution in [-0.4, -0.2) is 6.54 Å². The van der Waals surface area contributed by atoms with Crippen molar-refractivity contribution in [2.24, 2.45) is 0 Å². The lowest BCUT2D eigenvalue weighted by Crippen LogP contribution is -1.92. The summed E-state index contributed by atoms with van der Waals surface area (Å²) in [5.41, 5.74) is 4.03. The summed E-state index contributed by atoms with van der Waals surface area (Å²) in [5, 5.41) is 3.36. The van der Waals surface area contributed by atoms with E-state index >= 15 is 0 Å². The third kappa shape index (κ3) is 1.06. The molecule has 0 amide bonds. The molecule has 1 aliphatic rings. The van der Waals surface area contributed by atoms with Gasteiger partial charge in [-0.25, -0.2) is 0 Å². The molecule has 0 unspecified atom stereocenters. The third-order valence-electron chi connectivity index (χ3n) is 2.12. The van der Waals surface area contributed by atoms with Crippen LogP contribution >= 0.6 is 15.9 Å². The van der Waals surface area contributed by atoms with Gasteiger partial charge in [0.05, 0.1) is 5.69 Å². The van der Waals surface area contributed by atoms with Gasteiger partial charge in [-0.05, 0) is 40.4 Å². The highest BCUT2D eigenvalue weighted by Crippen LogP contribution is 2.32. The molecule has 0 bridgehead atoms. The summed E-state index contributed by atoms with van der Waals surface area (Å²) in [6.45, 7) is 3.20. The minimum Gasteiger partial charge on any atom is -0.384 e. The van der Waals surface area contributed by atoms with Crippen LogP contribution in [0.15, 0.2) is 16.6 Å². The predicted octanol–water partition coefficient (Wildman–Crippen LogP) is 2.73. The van der Waals surface area contributed by atoms with Gasteiger partial charge in [-0.1, -0.05) is 12.1 Å². The number of hydrogen-bond acceptors (Lipinski definition) is 1. The lowest BCUT2D eigenvalue weighted by molar-refractivity contribution is 1.11. The van der Waals surface area contributed by atoms with Crippen molar-refractivity contribution >= 4 is 21.6 Å². The van der Waals surface area contributed by atoms with E-state index in [0.29, 0.717) is 0 Å². The summed E-state index contributed by atoms with van der Waals surface area (Å²) in [6, 6.07) is 4.37. The molecule has 58 valence electrons. The highest BCUT2D eigenvalue weighted by Gasteiger charge is 2.13. The molecular formula is C9H10BrN. The summed E-state index contributed by atoms with van der Waals surface area (Å²) in [7, 11) is 0. The Morgan fingerprint density at radius 3 is 3.09 bits per heavy atom. The SMILES string of the molecule is Cc1ccc2c(c1Br)NCC2. The first kappa shape index (κ1) is 7.17. The van der Waals surface area contributed by atoms with Gasteiger partial charge in [0, 0.05) is 11.0 Å². The molecular weight excluding hydrogens is 202 g/mol. The molecule has 0 saturated heterocycles. The molecule has 1 nitrogen and oxygen atoms in total. The fourth-order valence-corrected chi connectivity index (χ4v) is 1.97. The second kappa shape index (κ2) is 2.52. The monoisotopic (exact) mass is 211 g/mol. The third-order valence-corrected chi connectivity index (χ3v) is 3.14. The van der Waals surface area contributed by atoms with Crippen molar-refractivity contribution in [2.45, 2.75) is 13.3 Å². The Bertz CT molecular complexity index is 294. The van der Waals surface area contributed by atoms with Crippen molar-refractivity contribution in [3.8, 4) is 0 Å². The molecule has 0 spiro atoms. The zero-order valence-electron chi connectivity index (χ0n) is 6.45. The molecule has 1 heterocycles. The zero-order valence-corrected chi connectivity index (χ0v) is 8.03. The van der Waals surface area contributed by atoms with E-state index < -0.39 is 0 Å². The fourth-order valence-electron chi connectivity index (χ4n) is 1.44. The van der Waals surface area contributed by atoms with Crippen LogP contribution in [0.3, 0.4) is 0 Å². The molecule has 0 atom stereocenters. The van der Waals surface area contributed by atoms with Crippen molar-refractivity contribution < 1.29 is 0 Å². The van der Waals surface area contributed by atoms with E-state index in [2.05, 4.69) is 40.3 Å². The Labute approximate surface area is 74.9 Å². The maximum absolute atomic E-state index is 3.57. The molecule has 11 heavy (non-hydrogen) atoms. The molecule has 1 N–H and O–H groups in total. The van der Waals surface area contributed by atoms with Crippen LogP contribution in [0, 0.1) is 6.92 Å². The minimum atomic E-state index is 1.08. The van der Waals surface area contributed by atoms with Crippen LogP contribution in [0.4, 0.5) is 5.69 Å². The van der Waals surface area contributed by atoms with Crippen LogP contribution in [0.1, 0.15) is 11.1 Å². The molecule has 0 fully saturated rings. The van der Waals surface area contributed by atoms with Crippen molar-refractivity contribution in [1.29, 1.82) is 0 Å². The number of fused-ring (bicyclic) bond motifs is 1. The summed E-state index contributed by atoms with van der Waals surface area (Å²) in [5.74, 6) is 0. The molecule has 1 aromatic carbocycles. The van der Waals surface area contributed by atoms with E-state index in [9.17, 15) is 0 Å². The fraction of sp³-hybridized carbons (Fsp3) is 0.333. The summed E-state index contributed by atoms with van der Waals surface area (Å²) in [6.07, 6.45) is 1.16. The molecule has 2 heteroatoms. The second-order valence-electron chi connectivity index (χ2n) is 2.91. The normalized spacial score (nSPS) is 14.4. The molecule has 0 aliphatic carbocycles. The lowest BCUT2D eigenvalue weighted by Gasteiger charge is -2.04. The predicted molar refractivity (Wildman–Crippen MR) is 51.1 cm³/mol. The van der Waals surface area contributed by atoms with Crippen molar-refractivity contribution in [3.05, 3.63) is 27.7 Å². The van der Waals surface area contributed by atoms with Crippen LogP contribution in [-0.2, 0) is 6.42 Å². The summed E-state index contributed by atoms with van der Waals surface area (Å²) < 4.78 is 1.23. The van der Waals surface area contributed by atoms with E-state index in [4.69, 9.17) is 0 Å². The Morgan fingerprint density at radius 2 is 2.27 bits per heavy atom. The Kier molecular flexibility index (Phi) is 1.64. The number of hydrogen-bond donors (Lipinski definition) is 1. The van der Waals surface area contributed by atoms with Crippen LogP contribution in [0.25, 0.3) is 0 Å². The summed E-state index contributed by atoms with van der Waals surface area (Å²) in [4.78, 5) is 0. The first-order valence-electron chi connectivity index (χ1n) is 3.81. The number of benzene rings is 1. The first-order chi connectivity index (χ1) is 5.29. The van der Waals surface area contributed by atoms with E-state index in [1.165, 1.54) is 21.3 Å². The van der Waals surface area contributed by atoms with Gasteiger partial charge in [0.1, 0.15) is 0 Å². The van der Waals surface area contributed by atoms with Crippen LogP contribution in [0.5, 0.6) is 0 Å². The standard InChI is InChI=1S/C9H10BrN/c1-6-2-3-7-4-5-11-9(7)8(6)10/h2-3,11H,4-5H2,1H3. The Balaban J connectivity index is 2.62. The van der Waals surface area contributed by atoms with Crippen LogP contribution < -0.4 is 5.32 Å². The van der Waals surface area contributed by atoms with Gasteiger partial charge >= 0.3 is 0 Å². The Hall–Kier alpha value is -0.500. The van der Waals surface area contributed by atoms with Gasteiger partial charge in [-0.3, -0.25) is 0 Å². The van der Waals surface area contributed by atoms with Gasteiger partial charge in [0.25, 0.3) is 0 Å². The van der Waals surface area contributed by atoms with Crippen molar-refractivity contribution in [3.63, 3.8) is 0 Å². The van der Waals surface area contributed by atoms with Crippen molar-refractivity contribution in [2.75, 3.05) is 11.9 Å². The lowest BCUT2D eigenvalue weighted by atomic mass is 10.1. The van der Waals surface area contributed by atoms with Gasteiger partial charge < -0.3 is 5.32 Å². The molecule has 0 radical (unpaired) electrons. The molecule has 1 aromatic rings. The van der Waals surface area contributed by atoms with Gasteiger partial charge in [-0.2, -0.15) is 0 Å². The maximum atomic E-state index is 3.57. The maximum Gasteiger partial charge on any atom is 0.0520 e. The average molecular weight is 212 g/mol. The van der Waals surface area contributed by atoms with E-state index in [1.807, 2.05) is 0 Å². The van der Waals surface area contributed by atoms with Crippen LogP contribution in [0.2, 0.25) is 0 Å². The number of anilines is 1. The second-order valence-corrected chi connectivity index (χ2v) is 3.70. The molecule has 0 saturated carbocycles. The number of nitrogens with one attached hydrogen (secondary N) is 1. The highest BCUT2D eigenvalue weighted by atomic mass is 79.9. The van der Waals surface area contributed by atoms with Gasteiger partial charge in [0.2, 0.25) is 0 Å². The molecule has 1 aliphatic heterocycles. The molecule has 0 aromatic heterocycles. The Morgan fingerprint density at radius 1 is 1.45 bits per heavy atom. The summed E-state index contributed by atoms with van der Waals surface area (Å²) >= 11 is 3.57. The quantitative estimate of drug-likeness (QED) is 0.697. The van der Waals surface area contributed by atoms with E-state index in [1.54, 1.807) is 0 Å². The number of aryl methyl sites for hydroxylation is 1. The highest BCUT2D eigenvalue weighted by molar-refractivity contribution is 9.10. The smallest absolute Gasteiger partial charge is 0.0520 e. The largest absolute Gasteiger partial charge is 0.384 e. The van der Waals surface area contributed by atoms with Gasteiger partial charge in [0.15, 0.2) is 0 Å². The molecule has 2 rings (SSSR count). The topological polar surface area (TPSA) is 12.0 Å². The number of halogens is 1. The zero-order chi connectivity index (χ0) is 7.84. The van der Waals surface area contributed by atoms with E-state index in [0.717, 1.165) is 13.0 Å². The first-order valence-corrected chi connectivity index (χ1v) is 4.60. The number of rotatable bonds is 0. The minimum absolute atomic E-state index is 1.08. The van der Waals surface area contributed by atoms with Gasteiger partial charge in [-0.15, -0.1) is 0 Å².